The molecule has 0 heterocycles. The molecule has 0 aliphatic rings. The number of aryl methyl sites for hydroxylation is 1. The molecule has 0 saturated carbocycles. The van der Waals surface area contributed by atoms with E-state index in [0.29, 0.717) is 25.1 Å². The van der Waals surface area contributed by atoms with Gasteiger partial charge in [0.25, 0.3) is 5.69 Å². The van der Waals surface area contributed by atoms with Gasteiger partial charge in [-0.25, -0.2) is 0 Å². The standard InChI is InChI=1S/C17H29N3O3/c1-4-5-10-17(3,21)16(18)7-6-11-19-14-12-13(2)8-9-15(14)20(22)23/h8-9,12,16,19,21H,4-7,10-11,18H2,1-3H3. The van der Waals surface area contributed by atoms with Crippen LogP contribution < -0.4 is 11.1 Å². The molecule has 23 heavy (non-hydrogen) atoms. The number of nitrogens with zero attached hydrogens (tertiary/aromatic N) is 1. The van der Waals surface area contributed by atoms with Gasteiger partial charge in [0.05, 0.1) is 10.5 Å². The minimum absolute atomic E-state index is 0.0786. The predicted molar refractivity (Wildman–Crippen MR) is 93.7 cm³/mol. The second-order valence-corrected chi connectivity index (χ2v) is 6.41. The van der Waals surface area contributed by atoms with E-state index in [9.17, 15) is 15.2 Å². The zero-order chi connectivity index (χ0) is 17.5. The molecule has 0 aromatic heterocycles. The highest BCUT2D eigenvalue weighted by molar-refractivity contribution is 5.62. The number of aliphatic hydroxyl groups is 1. The monoisotopic (exact) mass is 323 g/mol. The molecule has 0 fully saturated rings. The lowest BCUT2D eigenvalue weighted by molar-refractivity contribution is -0.384. The second kappa shape index (κ2) is 8.84. The molecule has 4 N–H and O–H groups in total. The highest BCUT2D eigenvalue weighted by atomic mass is 16.6. The fourth-order valence-electron chi connectivity index (χ4n) is 2.53. The van der Waals surface area contributed by atoms with Gasteiger partial charge in [0.1, 0.15) is 5.69 Å². The maximum Gasteiger partial charge on any atom is 0.292 e. The Morgan fingerprint density at radius 2 is 2.13 bits per heavy atom. The third kappa shape index (κ3) is 6.15. The van der Waals surface area contributed by atoms with Crippen molar-refractivity contribution >= 4 is 11.4 Å². The summed E-state index contributed by atoms with van der Waals surface area (Å²) in [5.41, 5.74) is 6.81. The first kappa shape index (κ1) is 19.4. The van der Waals surface area contributed by atoms with E-state index in [2.05, 4.69) is 12.2 Å². The first-order valence-electron chi connectivity index (χ1n) is 8.24. The van der Waals surface area contributed by atoms with Crippen molar-refractivity contribution in [3.05, 3.63) is 33.9 Å². The zero-order valence-corrected chi connectivity index (χ0v) is 14.3. The van der Waals surface area contributed by atoms with Gasteiger partial charge in [0.2, 0.25) is 0 Å². The molecule has 0 amide bonds. The van der Waals surface area contributed by atoms with E-state index >= 15 is 0 Å². The summed E-state index contributed by atoms with van der Waals surface area (Å²) < 4.78 is 0. The lowest BCUT2D eigenvalue weighted by atomic mass is 9.88. The Kier molecular flexibility index (Phi) is 7.45. The molecule has 0 saturated heterocycles. The number of benzene rings is 1. The van der Waals surface area contributed by atoms with Crippen molar-refractivity contribution < 1.29 is 10.0 Å². The summed E-state index contributed by atoms with van der Waals surface area (Å²) in [6.07, 6.45) is 4.09. The van der Waals surface area contributed by atoms with Crippen LogP contribution in [0.2, 0.25) is 0 Å². The predicted octanol–water partition coefficient (Wildman–Crippen LogP) is 3.36. The van der Waals surface area contributed by atoms with Gasteiger partial charge in [-0.05, 0) is 44.7 Å². The summed E-state index contributed by atoms with van der Waals surface area (Å²) in [5.74, 6) is 0. The molecule has 0 radical (unpaired) electrons. The highest BCUT2D eigenvalue weighted by Crippen LogP contribution is 2.25. The Bertz CT molecular complexity index is 518. The number of unbranched alkanes of at least 4 members (excludes halogenated alkanes) is 1. The lowest BCUT2D eigenvalue weighted by Gasteiger charge is -2.30. The molecule has 6 heteroatoms. The summed E-state index contributed by atoms with van der Waals surface area (Å²) in [6.45, 7) is 6.35. The largest absolute Gasteiger partial charge is 0.389 e. The molecule has 0 spiro atoms. The van der Waals surface area contributed by atoms with Crippen LogP contribution in [0.4, 0.5) is 11.4 Å². The van der Waals surface area contributed by atoms with Crippen molar-refractivity contribution in [1.29, 1.82) is 0 Å². The van der Waals surface area contributed by atoms with E-state index in [1.54, 1.807) is 19.1 Å². The van der Waals surface area contributed by atoms with Crippen molar-refractivity contribution in [1.82, 2.24) is 0 Å². The molecule has 0 aliphatic heterocycles. The van der Waals surface area contributed by atoms with E-state index in [-0.39, 0.29) is 16.7 Å². The molecular weight excluding hydrogens is 294 g/mol. The van der Waals surface area contributed by atoms with Crippen LogP contribution in [0.1, 0.15) is 51.5 Å². The number of hydrogen-bond acceptors (Lipinski definition) is 5. The van der Waals surface area contributed by atoms with Crippen molar-refractivity contribution in [2.24, 2.45) is 5.73 Å². The molecule has 0 bridgehead atoms. The van der Waals surface area contributed by atoms with E-state index in [1.165, 1.54) is 6.07 Å². The zero-order valence-electron chi connectivity index (χ0n) is 14.3. The fraction of sp³-hybridized carbons (Fsp3) is 0.647. The first-order chi connectivity index (χ1) is 10.8. The Balaban J connectivity index is 2.49. The first-order valence-corrected chi connectivity index (χ1v) is 8.24. The minimum Gasteiger partial charge on any atom is -0.389 e. The van der Waals surface area contributed by atoms with Gasteiger partial charge < -0.3 is 16.2 Å². The number of nitrogens with two attached hydrogens (primary N) is 1. The molecule has 2 unspecified atom stereocenters. The number of nitrogens with one attached hydrogen (secondary N) is 1. The van der Waals surface area contributed by atoms with Crippen LogP contribution in [0, 0.1) is 17.0 Å². The quantitative estimate of drug-likeness (QED) is 0.348. The fourth-order valence-corrected chi connectivity index (χ4v) is 2.53. The van der Waals surface area contributed by atoms with Gasteiger partial charge in [0.15, 0.2) is 0 Å². The Morgan fingerprint density at radius 1 is 1.43 bits per heavy atom. The molecule has 0 aliphatic carbocycles. The van der Waals surface area contributed by atoms with E-state index < -0.39 is 5.60 Å². The van der Waals surface area contributed by atoms with E-state index in [0.717, 1.165) is 24.8 Å². The molecule has 1 aromatic rings. The second-order valence-electron chi connectivity index (χ2n) is 6.41. The summed E-state index contributed by atoms with van der Waals surface area (Å²) in [5, 5.41) is 24.5. The van der Waals surface area contributed by atoms with Crippen LogP contribution in [0.3, 0.4) is 0 Å². The Labute approximate surface area is 138 Å². The smallest absolute Gasteiger partial charge is 0.292 e. The molecular formula is C17H29N3O3. The van der Waals surface area contributed by atoms with Crippen LogP contribution in [-0.4, -0.2) is 28.2 Å². The maximum absolute atomic E-state index is 11.0. The van der Waals surface area contributed by atoms with Crippen LogP contribution in [-0.2, 0) is 0 Å². The van der Waals surface area contributed by atoms with Crippen molar-refractivity contribution in [2.45, 2.75) is 64.5 Å². The number of nitro benzene ring substituents is 1. The van der Waals surface area contributed by atoms with Gasteiger partial charge in [-0.1, -0.05) is 25.8 Å². The number of nitro groups is 1. The van der Waals surface area contributed by atoms with Crippen LogP contribution in [0.25, 0.3) is 0 Å². The minimum atomic E-state index is -0.856. The number of rotatable bonds is 10. The van der Waals surface area contributed by atoms with E-state index in [1.807, 2.05) is 6.92 Å². The SMILES string of the molecule is CCCCC(C)(O)C(N)CCCNc1cc(C)ccc1[N+](=O)[O-]. The maximum atomic E-state index is 11.0. The van der Waals surface area contributed by atoms with E-state index in [4.69, 9.17) is 5.73 Å². The van der Waals surface area contributed by atoms with Gasteiger partial charge in [-0.3, -0.25) is 10.1 Å². The summed E-state index contributed by atoms with van der Waals surface area (Å²) in [4.78, 5) is 10.6. The third-order valence-electron chi connectivity index (χ3n) is 4.19. The van der Waals surface area contributed by atoms with Crippen LogP contribution in [0.15, 0.2) is 18.2 Å². The Hall–Kier alpha value is -1.66. The average molecular weight is 323 g/mol. The average Bonchev–Trinajstić information content (AvgIpc) is 2.49. The van der Waals surface area contributed by atoms with Crippen molar-refractivity contribution in [3.63, 3.8) is 0 Å². The summed E-state index contributed by atoms with van der Waals surface area (Å²) in [7, 11) is 0. The Morgan fingerprint density at radius 3 is 2.74 bits per heavy atom. The topological polar surface area (TPSA) is 101 Å². The normalized spacial score (nSPS) is 15.0. The third-order valence-corrected chi connectivity index (χ3v) is 4.19. The van der Waals surface area contributed by atoms with Gasteiger partial charge in [-0.2, -0.15) is 0 Å². The summed E-state index contributed by atoms with van der Waals surface area (Å²) >= 11 is 0. The van der Waals surface area contributed by atoms with Gasteiger partial charge in [0, 0.05) is 18.7 Å². The molecule has 1 aromatic carbocycles. The summed E-state index contributed by atoms with van der Waals surface area (Å²) in [6, 6.07) is 4.72. The lowest BCUT2D eigenvalue weighted by Crippen LogP contribution is -2.45. The molecule has 1 rings (SSSR count). The van der Waals surface area contributed by atoms with Gasteiger partial charge in [-0.15, -0.1) is 0 Å². The van der Waals surface area contributed by atoms with Crippen molar-refractivity contribution in [3.8, 4) is 0 Å². The molecule has 6 nitrogen and oxygen atoms in total. The molecule has 2 atom stereocenters. The van der Waals surface area contributed by atoms with Crippen LogP contribution >= 0.6 is 0 Å². The number of hydrogen-bond donors (Lipinski definition) is 3. The van der Waals surface area contributed by atoms with Crippen molar-refractivity contribution in [2.75, 3.05) is 11.9 Å². The highest BCUT2D eigenvalue weighted by Gasteiger charge is 2.27. The number of anilines is 1. The van der Waals surface area contributed by atoms with Gasteiger partial charge >= 0.3 is 0 Å². The molecule has 130 valence electrons. The van der Waals surface area contributed by atoms with Crippen LogP contribution in [0.5, 0.6) is 0 Å².